The third-order valence-corrected chi connectivity index (χ3v) is 5.03. The second-order valence-corrected chi connectivity index (χ2v) is 7.53. The number of hydrogen-bond acceptors (Lipinski definition) is 4. The SMILES string of the molecule is CCOc1cc(C2NC(=S)NC(C)=C2C(C)=O)ccc1OCc1ccc(Cl)cc1. The van der Waals surface area contributed by atoms with Gasteiger partial charge in [0.15, 0.2) is 22.4 Å². The van der Waals surface area contributed by atoms with E-state index in [1.807, 2.05) is 56.3 Å². The van der Waals surface area contributed by atoms with Crippen LogP contribution in [0.5, 0.6) is 11.5 Å². The fraction of sp³-hybridized carbons (Fsp3) is 0.273. The van der Waals surface area contributed by atoms with Crippen molar-refractivity contribution < 1.29 is 14.3 Å². The van der Waals surface area contributed by atoms with Crippen LogP contribution in [0.2, 0.25) is 5.02 Å². The Kier molecular flexibility index (Phi) is 6.77. The summed E-state index contributed by atoms with van der Waals surface area (Å²) in [6, 6.07) is 12.8. The Balaban J connectivity index is 1.88. The van der Waals surface area contributed by atoms with Crippen LogP contribution < -0.4 is 20.1 Å². The summed E-state index contributed by atoms with van der Waals surface area (Å²) < 4.78 is 11.8. The van der Waals surface area contributed by atoms with E-state index in [1.54, 1.807) is 6.92 Å². The second-order valence-electron chi connectivity index (χ2n) is 6.68. The van der Waals surface area contributed by atoms with E-state index < -0.39 is 0 Å². The summed E-state index contributed by atoms with van der Waals surface area (Å²) in [4.78, 5) is 12.2. The Labute approximate surface area is 181 Å². The molecular formula is C22H23ClN2O3S. The number of nitrogens with one attached hydrogen (secondary N) is 2. The van der Waals surface area contributed by atoms with Gasteiger partial charge in [-0.15, -0.1) is 0 Å². The van der Waals surface area contributed by atoms with Gasteiger partial charge in [-0.3, -0.25) is 4.79 Å². The van der Waals surface area contributed by atoms with E-state index in [0.29, 0.717) is 40.4 Å². The molecule has 152 valence electrons. The van der Waals surface area contributed by atoms with Crippen LogP contribution >= 0.6 is 23.8 Å². The summed E-state index contributed by atoms with van der Waals surface area (Å²) in [5.74, 6) is 1.23. The number of ether oxygens (including phenoxy) is 2. The van der Waals surface area contributed by atoms with Crippen LogP contribution in [-0.4, -0.2) is 17.5 Å². The Hall–Kier alpha value is -2.57. The number of Topliss-reactive ketones (excluding diaryl/α,β-unsaturated/α-hetero) is 1. The molecule has 0 fully saturated rings. The maximum atomic E-state index is 12.2. The maximum absolute atomic E-state index is 12.2. The predicted molar refractivity (Wildman–Crippen MR) is 118 cm³/mol. The summed E-state index contributed by atoms with van der Waals surface area (Å²) in [7, 11) is 0. The number of benzene rings is 2. The van der Waals surface area contributed by atoms with E-state index in [-0.39, 0.29) is 11.8 Å². The summed E-state index contributed by atoms with van der Waals surface area (Å²) in [6.07, 6.45) is 0. The largest absolute Gasteiger partial charge is 0.490 e. The predicted octanol–water partition coefficient (Wildman–Crippen LogP) is 4.70. The van der Waals surface area contributed by atoms with Crippen molar-refractivity contribution in [1.29, 1.82) is 0 Å². The van der Waals surface area contributed by atoms with Gasteiger partial charge in [-0.2, -0.15) is 0 Å². The summed E-state index contributed by atoms with van der Waals surface area (Å²) in [6.45, 7) is 6.20. The second kappa shape index (κ2) is 9.29. The zero-order chi connectivity index (χ0) is 21.0. The van der Waals surface area contributed by atoms with Crippen LogP contribution in [0.15, 0.2) is 53.7 Å². The molecule has 2 aromatic carbocycles. The van der Waals surface area contributed by atoms with Crippen LogP contribution in [0, 0.1) is 0 Å². The first kappa shape index (κ1) is 21.1. The minimum absolute atomic E-state index is 0.0176. The number of thiocarbonyl (C=S) groups is 1. The van der Waals surface area contributed by atoms with Crippen molar-refractivity contribution in [2.24, 2.45) is 0 Å². The fourth-order valence-electron chi connectivity index (χ4n) is 3.24. The number of carbonyl (C=O) groups excluding carboxylic acids is 1. The standard InChI is InChI=1S/C22H23ClN2O3S/c1-4-27-19-11-16(21-20(14(3)26)13(2)24-22(29)25-21)7-10-18(19)28-12-15-5-8-17(23)9-6-15/h5-11,21H,4,12H2,1-3H3,(H2,24,25,29). The molecule has 0 spiro atoms. The Morgan fingerprint density at radius 3 is 2.52 bits per heavy atom. The molecule has 5 nitrogen and oxygen atoms in total. The lowest BCUT2D eigenvalue weighted by Gasteiger charge is -2.30. The molecule has 0 radical (unpaired) electrons. The lowest BCUT2D eigenvalue weighted by Crippen LogP contribution is -2.44. The monoisotopic (exact) mass is 430 g/mol. The zero-order valence-electron chi connectivity index (χ0n) is 16.5. The zero-order valence-corrected chi connectivity index (χ0v) is 18.1. The molecule has 1 aliphatic heterocycles. The van der Waals surface area contributed by atoms with E-state index in [1.165, 1.54) is 0 Å². The van der Waals surface area contributed by atoms with E-state index in [0.717, 1.165) is 16.8 Å². The fourth-order valence-corrected chi connectivity index (χ4v) is 3.64. The number of hydrogen-bond donors (Lipinski definition) is 2. The topological polar surface area (TPSA) is 59.6 Å². The third kappa shape index (κ3) is 5.08. The summed E-state index contributed by atoms with van der Waals surface area (Å²) >= 11 is 11.2. The number of ketones is 1. The number of carbonyl (C=O) groups is 1. The van der Waals surface area contributed by atoms with E-state index in [4.69, 9.17) is 33.3 Å². The molecule has 0 saturated carbocycles. The molecule has 0 bridgehead atoms. The lowest BCUT2D eigenvalue weighted by atomic mass is 9.93. The van der Waals surface area contributed by atoms with Gasteiger partial charge in [0.25, 0.3) is 0 Å². The smallest absolute Gasteiger partial charge is 0.171 e. The van der Waals surface area contributed by atoms with Gasteiger partial charge >= 0.3 is 0 Å². The Morgan fingerprint density at radius 1 is 1.14 bits per heavy atom. The molecule has 7 heteroatoms. The lowest BCUT2D eigenvalue weighted by molar-refractivity contribution is -0.114. The third-order valence-electron chi connectivity index (χ3n) is 4.56. The van der Waals surface area contributed by atoms with E-state index in [2.05, 4.69) is 10.6 Å². The minimum atomic E-state index is -0.342. The van der Waals surface area contributed by atoms with Crippen molar-refractivity contribution >= 4 is 34.7 Å². The number of rotatable bonds is 7. The highest BCUT2D eigenvalue weighted by Crippen LogP contribution is 2.35. The van der Waals surface area contributed by atoms with Gasteiger partial charge in [0.1, 0.15) is 6.61 Å². The van der Waals surface area contributed by atoms with Crippen LogP contribution in [0.1, 0.15) is 37.9 Å². The van der Waals surface area contributed by atoms with Gasteiger partial charge < -0.3 is 20.1 Å². The average Bonchev–Trinajstić information content (AvgIpc) is 2.67. The molecule has 1 heterocycles. The van der Waals surface area contributed by atoms with Gasteiger partial charge in [0, 0.05) is 16.3 Å². The quantitative estimate of drug-likeness (QED) is 0.621. The summed E-state index contributed by atoms with van der Waals surface area (Å²) in [5.41, 5.74) is 3.28. The molecule has 0 amide bonds. The molecule has 1 unspecified atom stereocenters. The van der Waals surface area contributed by atoms with Gasteiger partial charge in [-0.25, -0.2) is 0 Å². The minimum Gasteiger partial charge on any atom is -0.490 e. The highest BCUT2D eigenvalue weighted by Gasteiger charge is 2.28. The Bertz CT molecular complexity index is 957. The molecule has 1 aliphatic rings. The molecule has 0 aromatic heterocycles. The van der Waals surface area contributed by atoms with Gasteiger partial charge in [-0.05, 0) is 68.4 Å². The van der Waals surface area contributed by atoms with E-state index in [9.17, 15) is 4.79 Å². The molecule has 1 atom stereocenters. The highest BCUT2D eigenvalue weighted by atomic mass is 35.5. The van der Waals surface area contributed by atoms with Crippen molar-refractivity contribution in [1.82, 2.24) is 10.6 Å². The first-order chi connectivity index (χ1) is 13.9. The van der Waals surface area contributed by atoms with Crippen molar-refractivity contribution in [2.75, 3.05) is 6.61 Å². The molecule has 29 heavy (non-hydrogen) atoms. The van der Waals surface area contributed by atoms with E-state index >= 15 is 0 Å². The molecule has 0 saturated heterocycles. The van der Waals surface area contributed by atoms with Crippen LogP contribution in [0.25, 0.3) is 0 Å². The van der Waals surface area contributed by atoms with Crippen molar-refractivity contribution in [2.45, 2.75) is 33.4 Å². The Morgan fingerprint density at radius 2 is 1.86 bits per heavy atom. The molecule has 3 rings (SSSR count). The van der Waals surface area contributed by atoms with Gasteiger partial charge in [0.05, 0.1) is 12.6 Å². The van der Waals surface area contributed by atoms with Crippen molar-refractivity contribution in [3.8, 4) is 11.5 Å². The highest BCUT2D eigenvalue weighted by molar-refractivity contribution is 7.80. The van der Waals surface area contributed by atoms with Crippen molar-refractivity contribution in [3.05, 3.63) is 69.9 Å². The summed E-state index contributed by atoms with van der Waals surface area (Å²) in [5, 5.41) is 7.37. The maximum Gasteiger partial charge on any atom is 0.171 e. The van der Waals surface area contributed by atoms with Crippen molar-refractivity contribution in [3.63, 3.8) is 0 Å². The van der Waals surface area contributed by atoms with Crippen LogP contribution in [0.3, 0.4) is 0 Å². The average molecular weight is 431 g/mol. The van der Waals surface area contributed by atoms with Gasteiger partial charge in [-0.1, -0.05) is 29.8 Å². The molecule has 2 aromatic rings. The van der Waals surface area contributed by atoms with Gasteiger partial charge in [0.2, 0.25) is 0 Å². The first-order valence-electron chi connectivity index (χ1n) is 9.32. The molecule has 0 aliphatic carbocycles. The van der Waals surface area contributed by atoms with Crippen LogP contribution in [0.4, 0.5) is 0 Å². The normalized spacial score (nSPS) is 16.1. The molecular weight excluding hydrogens is 408 g/mol. The van der Waals surface area contributed by atoms with Crippen LogP contribution in [-0.2, 0) is 11.4 Å². The first-order valence-corrected chi connectivity index (χ1v) is 10.1. The molecule has 2 N–H and O–H groups in total. The number of allylic oxidation sites excluding steroid dienone is 1. The number of halogens is 1.